The van der Waals surface area contributed by atoms with Crippen molar-refractivity contribution in [3.63, 3.8) is 0 Å². The van der Waals surface area contributed by atoms with Crippen LogP contribution in [0.2, 0.25) is 5.02 Å². The van der Waals surface area contributed by atoms with E-state index < -0.39 is 17.2 Å². The molecule has 2 aliphatic rings. The van der Waals surface area contributed by atoms with E-state index >= 15 is 0 Å². The molecule has 2 aromatic heterocycles. The molecule has 2 atom stereocenters. The Morgan fingerprint density at radius 1 is 1.11 bits per heavy atom. The summed E-state index contributed by atoms with van der Waals surface area (Å²) >= 11 is 7.04. The molecule has 0 bridgehead atoms. The number of fused-ring (bicyclic) bond motifs is 1. The third-order valence-corrected chi connectivity index (χ3v) is 9.14. The summed E-state index contributed by atoms with van der Waals surface area (Å²) in [6.07, 6.45) is 4.20. The number of pyridine rings is 1. The van der Waals surface area contributed by atoms with Crippen molar-refractivity contribution in [3.8, 4) is 34.3 Å². The minimum atomic E-state index is -0.759. The molecule has 0 spiro atoms. The number of ether oxygens (including phenoxy) is 1. The largest absolute Gasteiger partial charge is 0.481 e. The van der Waals surface area contributed by atoms with Crippen LogP contribution in [0.4, 0.5) is 5.69 Å². The summed E-state index contributed by atoms with van der Waals surface area (Å²) in [6, 6.07) is 14.7. The Kier molecular flexibility index (Phi) is 8.68. The molecule has 0 saturated carbocycles. The summed E-state index contributed by atoms with van der Waals surface area (Å²) in [5, 5.41) is 19.8. The maximum Gasteiger partial charge on any atom is 0.330 e. The van der Waals surface area contributed by atoms with Gasteiger partial charge in [0.1, 0.15) is 11.6 Å². The molecule has 3 heterocycles. The molecule has 1 fully saturated rings. The van der Waals surface area contributed by atoms with E-state index in [0.29, 0.717) is 46.3 Å². The zero-order valence-electron chi connectivity index (χ0n) is 26.0. The number of aryl methyl sites for hydroxylation is 2. The van der Waals surface area contributed by atoms with Crippen LogP contribution in [0.1, 0.15) is 52.4 Å². The molecule has 47 heavy (non-hydrogen) atoms. The number of carbonyl (C=O) groups is 2. The summed E-state index contributed by atoms with van der Waals surface area (Å²) in [5.41, 5.74) is 3.13. The number of halogens is 1. The first-order chi connectivity index (χ1) is 22.6. The molecule has 2 amide bonds. The molecule has 1 saturated heterocycles. The second-order valence-electron chi connectivity index (χ2n) is 11.7. The lowest BCUT2D eigenvalue weighted by molar-refractivity contribution is -0.119. The Morgan fingerprint density at radius 3 is 2.57 bits per heavy atom. The molecule has 13 heteroatoms. The Labute approximate surface area is 275 Å². The SMILES string of the molecule is COc1nc(-c2cccc(-c3cccc(NC(=O)c4cn(C)c(=O)n(C)c4=O)c3C#N)c2Cl)cc2c1[C@@H](NC[C@@H]1CCC(=O)N1)CC2. The van der Waals surface area contributed by atoms with Crippen LogP contribution in [0.15, 0.2) is 58.3 Å². The Hall–Kier alpha value is -5.25. The van der Waals surface area contributed by atoms with Crippen LogP contribution in [-0.4, -0.2) is 45.6 Å². The smallest absolute Gasteiger partial charge is 0.330 e. The van der Waals surface area contributed by atoms with Gasteiger partial charge in [0.15, 0.2) is 0 Å². The number of rotatable bonds is 8. The highest BCUT2D eigenvalue weighted by Crippen LogP contribution is 2.43. The van der Waals surface area contributed by atoms with Crippen LogP contribution in [-0.2, 0) is 25.3 Å². The van der Waals surface area contributed by atoms with Crippen molar-refractivity contribution in [2.45, 2.75) is 37.8 Å². The molecule has 0 radical (unpaired) electrons. The van der Waals surface area contributed by atoms with Crippen molar-refractivity contribution < 1.29 is 14.3 Å². The predicted octanol–water partition coefficient (Wildman–Crippen LogP) is 3.45. The summed E-state index contributed by atoms with van der Waals surface area (Å²) in [7, 11) is 4.31. The van der Waals surface area contributed by atoms with Gasteiger partial charge in [-0.1, -0.05) is 41.9 Å². The van der Waals surface area contributed by atoms with Crippen LogP contribution >= 0.6 is 11.6 Å². The van der Waals surface area contributed by atoms with E-state index in [9.17, 15) is 24.4 Å². The fourth-order valence-corrected chi connectivity index (χ4v) is 6.64. The number of anilines is 1. The number of nitrogens with zero attached hydrogens (tertiary/aromatic N) is 4. The van der Waals surface area contributed by atoms with E-state index in [1.54, 1.807) is 31.4 Å². The molecule has 6 rings (SSSR count). The second-order valence-corrected chi connectivity index (χ2v) is 12.0. The Bertz CT molecular complexity index is 2100. The van der Waals surface area contributed by atoms with Crippen LogP contribution in [0.25, 0.3) is 22.4 Å². The zero-order chi connectivity index (χ0) is 33.4. The van der Waals surface area contributed by atoms with E-state index in [2.05, 4.69) is 22.0 Å². The fourth-order valence-electron chi connectivity index (χ4n) is 6.31. The highest BCUT2D eigenvalue weighted by atomic mass is 35.5. The van der Waals surface area contributed by atoms with E-state index in [1.165, 1.54) is 20.3 Å². The van der Waals surface area contributed by atoms with Gasteiger partial charge in [0, 0.05) is 67.6 Å². The van der Waals surface area contributed by atoms with Gasteiger partial charge in [-0.25, -0.2) is 9.78 Å². The summed E-state index contributed by atoms with van der Waals surface area (Å²) in [4.78, 5) is 54.3. The number of amides is 2. The normalized spacial score (nSPS) is 16.8. The first-order valence-electron chi connectivity index (χ1n) is 15.1. The standard InChI is InChI=1S/C34H32ClN7O5/c1-41-17-24(33(45)42(2)34(41)46)31(44)39-25-9-5-6-20(23(25)15-36)21-7-4-8-22(30(21)35)27-14-18-10-12-26(29(18)32(40-27)47-3)37-16-19-11-13-28(43)38-19/h4-9,14,17,19,26,37H,10-13,16H2,1-3H3,(H,38,43)(H,39,44)/t19-,26-/m0/s1. The molecule has 12 nitrogen and oxygen atoms in total. The highest BCUT2D eigenvalue weighted by Gasteiger charge is 2.30. The first kappa shape index (κ1) is 31.7. The third-order valence-electron chi connectivity index (χ3n) is 8.73. The fraction of sp³-hybridized carbons (Fsp3) is 0.294. The lowest BCUT2D eigenvalue weighted by Gasteiger charge is -2.20. The number of hydrogen-bond acceptors (Lipinski definition) is 8. The minimum absolute atomic E-state index is 0.0397. The van der Waals surface area contributed by atoms with Gasteiger partial charge in [0.05, 0.1) is 29.1 Å². The molecule has 2 aromatic carbocycles. The number of nitrogens with one attached hydrogen (secondary N) is 3. The van der Waals surface area contributed by atoms with Crippen molar-refractivity contribution >= 4 is 29.1 Å². The monoisotopic (exact) mass is 653 g/mol. The topological polar surface area (TPSA) is 160 Å². The lowest BCUT2D eigenvalue weighted by Crippen LogP contribution is -2.40. The van der Waals surface area contributed by atoms with Gasteiger partial charge in [-0.2, -0.15) is 5.26 Å². The maximum absolute atomic E-state index is 13.2. The van der Waals surface area contributed by atoms with Gasteiger partial charge in [0.25, 0.3) is 11.5 Å². The van der Waals surface area contributed by atoms with E-state index in [-0.39, 0.29) is 34.8 Å². The number of carbonyl (C=O) groups excluding carboxylic acids is 2. The average molecular weight is 654 g/mol. The summed E-state index contributed by atoms with van der Waals surface area (Å²) in [5.74, 6) is -0.181. The number of methoxy groups -OCH3 is 1. The maximum atomic E-state index is 13.2. The van der Waals surface area contributed by atoms with Gasteiger partial charge in [0.2, 0.25) is 11.8 Å². The first-order valence-corrected chi connectivity index (χ1v) is 15.5. The Balaban J connectivity index is 1.32. The van der Waals surface area contributed by atoms with Gasteiger partial charge >= 0.3 is 5.69 Å². The minimum Gasteiger partial charge on any atom is -0.481 e. The Morgan fingerprint density at radius 2 is 1.85 bits per heavy atom. The molecule has 240 valence electrons. The van der Waals surface area contributed by atoms with Crippen molar-refractivity contribution in [2.24, 2.45) is 14.1 Å². The molecular formula is C34H32ClN7O5. The quantitative estimate of drug-likeness (QED) is 0.261. The number of aromatic nitrogens is 3. The van der Waals surface area contributed by atoms with E-state index in [4.69, 9.17) is 21.3 Å². The highest BCUT2D eigenvalue weighted by molar-refractivity contribution is 6.36. The lowest BCUT2D eigenvalue weighted by atomic mass is 9.95. The number of hydrogen-bond donors (Lipinski definition) is 3. The van der Waals surface area contributed by atoms with Crippen molar-refractivity contribution in [1.29, 1.82) is 5.26 Å². The number of nitriles is 1. The second kappa shape index (κ2) is 12.9. The molecule has 1 aliphatic heterocycles. The summed E-state index contributed by atoms with van der Waals surface area (Å²) < 4.78 is 7.74. The summed E-state index contributed by atoms with van der Waals surface area (Å²) in [6.45, 7) is 0.664. The molecule has 1 aliphatic carbocycles. The molecule has 0 unspecified atom stereocenters. The van der Waals surface area contributed by atoms with Crippen molar-refractivity contribution in [3.05, 3.63) is 96.8 Å². The zero-order valence-corrected chi connectivity index (χ0v) is 26.8. The van der Waals surface area contributed by atoms with E-state index in [0.717, 1.165) is 39.5 Å². The van der Waals surface area contributed by atoms with Gasteiger partial charge in [-0.15, -0.1) is 0 Å². The van der Waals surface area contributed by atoms with E-state index in [1.807, 2.05) is 18.2 Å². The molecular weight excluding hydrogens is 622 g/mol. The van der Waals surface area contributed by atoms with Gasteiger partial charge in [-0.05, 0) is 37.0 Å². The molecule has 3 N–H and O–H groups in total. The van der Waals surface area contributed by atoms with Crippen LogP contribution < -0.4 is 31.9 Å². The number of benzene rings is 2. The average Bonchev–Trinajstić information content (AvgIpc) is 3.69. The van der Waals surface area contributed by atoms with Crippen molar-refractivity contribution in [2.75, 3.05) is 19.0 Å². The van der Waals surface area contributed by atoms with Gasteiger partial charge < -0.3 is 25.3 Å². The van der Waals surface area contributed by atoms with Crippen LogP contribution in [0.5, 0.6) is 5.88 Å². The van der Waals surface area contributed by atoms with Crippen LogP contribution in [0, 0.1) is 11.3 Å². The van der Waals surface area contributed by atoms with Crippen LogP contribution in [0.3, 0.4) is 0 Å². The molecule has 4 aromatic rings. The van der Waals surface area contributed by atoms with Crippen molar-refractivity contribution in [1.82, 2.24) is 24.8 Å². The van der Waals surface area contributed by atoms with Gasteiger partial charge in [-0.3, -0.25) is 19.0 Å². The third kappa shape index (κ3) is 5.91. The predicted molar refractivity (Wildman–Crippen MR) is 176 cm³/mol.